The number of nitrogens with two attached hydrogens (primary N) is 1. The topological polar surface area (TPSA) is 49.6 Å². The molecule has 0 radical (unpaired) electrons. The first-order valence-electron chi connectivity index (χ1n) is 8.87. The van der Waals surface area contributed by atoms with Gasteiger partial charge in [0.05, 0.1) is 5.92 Å². The van der Waals surface area contributed by atoms with Gasteiger partial charge in [0.1, 0.15) is 0 Å². The number of nitrogens with zero attached hydrogens (tertiary/aromatic N) is 2. The Labute approximate surface area is 151 Å². The van der Waals surface area contributed by atoms with Crippen molar-refractivity contribution < 1.29 is 4.79 Å². The molecule has 1 amide bonds. The molecule has 4 nitrogen and oxygen atoms in total. The molecule has 4 atom stereocenters. The smallest absolute Gasteiger partial charge is 0.227 e. The van der Waals surface area contributed by atoms with Gasteiger partial charge in [0.15, 0.2) is 0 Å². The maximum absolute atomic E-state index is 12.9. The molecular formula is C19H30ClN3O. The number of fused-ring (bicyclic) bond motifs is 1. The summed E-state index contributed by atoms with van der Waals surface area (Å²) in [5.41, 5.74) is 7.39. The van der Waals surface area contributed by atoms with Crippen molar-refractivity contribution in [2.45, 2.75) is 38.3 Å². The Hall–Kier alpha value is -1.10. The van der Waals surface area contributed by atoms with E-state index in [2.05, 4.69) is 16.8 Å². The first-order chi connectivity index (χ1) is 11.1. The summed E-state index contributed by atoms with van der Waals surface area (Å²) in [5.74, 6) is 0.676. The highest BCUT2D eigenvalue weighted by Crippen LogP contribution is 2.31. The molecule has 0 aliphatic carbocycles. The summed E-state index contributed by atoms with van der Waals surface area (Å²) in [6.45, 7) is 4.94. The van der Waals surface area contributed by atoms with Crippen LogP contribution in [0.5, 0.6) is 0 Å². The van der Waals surface area contributed by atoms with Gasteiger partial charge in [-0.15, -0.1) is 12.4 Å². The molecular weight excluding hydrogens is 322 g/mol. The molecule has 3 rings (SSSR count). The van der Waals surface area contributed by atoms with E-state index in [-0.39, 0.29) is 30.3 Å². The van der Waals surface area contributed by atoms with Gasteiger partial charge in [-0.2, -0.15) is 0 Å². The molecule has 2 N–H and O–H groups in total. The number of amides is 1. The Bertz CT molecular complexity index is 539. The number of halogens is 1. The molecule has 134 valence electrons. The van der Waals surface area contributed by atoms with E-state index in [0.29, 0.717) is 12.0 Å². The Morgan fingerprint density at radius 2 is 1.92 bits per heavy atom. The van der Waals surface area contributed by atoms with Gasteiger partial charge in [-0.3, -0.25) is 4.79 Å². The Kier molecular flexibility index (Phi) is 6.67. The lowest BCUT2D eigenvalue weighted by Gasteiger charge is -2.46. The van der Waals surface area contributed by atoms with Crippen LogP contribution in [0.15, 0.2) is 30.3 Å². The fraction of sp³-hybridized carbons (Fsp3) is 0.632. The molecule has 2 aliphatic heterocycles. The molecule has 2 saturated heterocycles. The van der Waals surface area contributed by atoms with E-state index < -0.39 is 0 Å². The number of likely N-dealkylation sites (tertiary alicyclic amines) is 2. The van der Waals surface area contributed by atoms with E-state index in [9.17, 15) is 4.79 Å². The number of piperidine rings is 2. The van der Waals surface area contributed by atoms with E-state index in [1.54, 1.807) is 0 Å². The average Bonchev–Trinajstić information content (AvgIpc) is 2.60. The second kappa shape index (κ2) is 8.32. The number of hydrogen-bond acceptors (Lipinski definition) is 3. The molecule has 2 fully saturated rings. The zero-order valence-electron chi connectivity index (χ0n) is 14.7. The van der Waals surface area contributed by atoms with Gasteiger partial charge in [-0.1, -0.05) is 37.3 Å². The highest BCUT2D eigenvalue weighted by atomic mass is 35.5. The second-order valence-corrected chi connectivity index (χ2v) is 7.25. The van der Waals surface area contributed by atoms with E-state index in [1.165, 1.54) is 19.4 Å². The van der Waals surface area contributed by atoms with Gasteiger partial charge in [0.2, 0.25) is 5.91 Å². The summed E-state index contributed by atoms with van der Waals surface area (Å²) < 4.78 is 0. The fourth-order valence-electron chi connectivity index (χ4n) is 4.26. The van der Waals surface area contributed by atoms with Crippen LogP contribution >= 0.6 is 12.4 Å². The highest BCUT2D eigenvalue weighted by molar-refractivity contribution is 5.85. The third-order valence-electron chi connectivity index (χ3n) is 5.77. The maximum atomic E-state index is 12.9. The van der Waals surface area contributed by atoms with Crippen molar-refractivity contribution in [2.24, 2.45) is 17.6 Å². The number of carbonyl (C=O) groups is 1. The third-order valence-corrected chi connectivity index (χ3v) is 5.77. The molecule has 0 aromatic heterocycles. The van der Waals surface area contributed by atoms with Crippen LogP contribution in [0, 0.1) is 11.8 Å². The number of rotatable bonds is 3. The van der Waals surface area contributed by atoms with Gasteiger partial charge in [-0.05, 0) is 44.3 Å². The summed E-state index contributed by atoms with van der Waals surface area (Å²) >= 11 is 0. The SMILES string of the molecule is CC(C(=O)N1CCC2C(CCCN2C)C1)C(N)c1ccccc1.Cl. The zero-order chi connectivity index (χ0) is 16.4. The van der Waals surface area contributed by atoms with Crippen molar-refractivity contribution >= 4 is 18.3 Å². The van der Waals surface area contributed by atoms with E-state index in [4.69, 9.17) is 5.73 Å². The lowest BCUT2D eigenvalue weighted by atomic mass is 9.83. The van der Waals surface area contributed by atoms with Crippen molar-refractivity contribution in [1.29, 1.82) is 0 Å². The van der Waals surface area contributed by atoms with Crippen LogP contribution in [-0.4, -0.2) is 48.4 Å². The minimum Gasteiger partial charge on any atom is -0.342 e. The van der Waals surface area contributed by atoms with Gasteiger partial charge < -0.3 is 15.5 Å². The Balaban J connectivity index is 0.00000208. The van der Waals surface area contributed by atoms with Crippen LogP contribution in [0.4, 0.5) is 0 Å². The van der Waals surface area contributed by atoms with Crippen LogP contribution in [0.2, 0.25) is 0 Å². The third kappa shape index (κ3) is 3.93. The molecule has 4 unspecified atom stereocenters. The minimum atomic E-state index is -0.226. The van der Waals surface area contributed by atoms with Crippen LogP contribution in [0.1, 0.15) is 37.8 Å². The van der Waals surface area contributed by atoms with E-state index in [1.807, 2.05) is 37.3 Å². The molecule has 24 heavy (non-hydrogen) atoms. The summed E-state index contributed by atoms with van der Waals surface area (Å²) in [4.78, 5) is 17.4. The van der Waals surface area contributed by atoms with Crippen molar-refractivity contribution in [3.05, 3.63) is 35.9 Å². The van der Waals surface area contributed by atoms with Crippen LogP contribution in [0.25, 0.3) is 0 Å². The molecule has 5 heteroatoms. The van der Waals surface area contributed by atoms with Crippen LogP contribution in [-0.2, 0) is 4.79 Å². The molecule has 0 bridgehead atoms. The number of hydrogen-bond donors (Lipinski definition) is 1. The van der Waals surface area contributed by atoms with Crippen molar-refractivity contribution in [2.75, 3.05) is 26.7 Å². The molecule has 0 saturated carbocycles. The molecule has 1 aromatic rings. The summed E-state index contributed by atoms with van der Waals surface area (Å²) in [6.07, 6.45) is 3.59. The monoisotopic (exact) mass is 351 g/mol. The number of benzene rings is 1. The molecule has 1 aromatic carbocycles. The largest absolute Gasteiger partial charge is 0.342 e. The van der Waals surface area contributed by atoms with Gasteiger partial charge in [0.25, 0.3) is 0 Å². The minimum absolute atomic E-state index is 0. The number of carbonyl (C=O) groups excluding carboxylic acids is 1. The average molecular weight is 352 g/mol. The summed E-state index contributed by atoms with van der Waals surface area (Å²) in [6, 6.07) is 10.4. The van der Waals surface area contributed by atoms with Crippen molar-refractivity contribution in [3.8, 4) is 0 Å². The zero-order valence-corrected chi connectivity index (χ0v) is 15.5. The Morgan fingerprint density at radius 1 is 1.21 bits per heavy atom. The molecule has 2 heterocycles. The Morgan fingerprint density at radius 3 is 2.62 bits per heavy atom. The first kappa shape index (κ1) is 19.2. The van der Waals surface area contributed by atoms with E-state index >= 15 is 0 Å². The second-order valence-electron chi connectivity index (χ2n) is 7.25. The predicted octanol–water partition coefficient (Wildman–Crippen LogP) is 2.69. The normalized spacial score (nSPS) is 26.9. The van der Waals surface area contributed by atoms with Gasteiger partial charge >= 0.3 is 0 Å². The van der Waals surface area contributed by atoms with Gasteiger partial charge in [0, 0.05) is 25.2 Å². The quantitative estimate of drug-likeness (QED) is 0.910. The highest BCUT2D eigenvalue weighted by Gasteiger charge is 2.37. The lowest BCUT2D eigenvalue weighted by Crippen LogP contribution is -2.55. The summed E-state index contributed by atoms with van der Waals surface area (Å²) in [5, 5.41) is 0. The van der Waals surface area contributed by atoms with Crippen molar-refractivity contribution in [1.82, 2.24) is 9.80 Å². The summed E-state index contributed by atoms with van der Waals surface area (Å²) in [7, 11) is 2.22. The molecule has 2 aliphatic rings. The standard InChI is InChI=1S/C19H29N3O.ClH/c1-14(18(20)15-7-4-3-5-8-15)19(23)22-12-10-17-16(13-22)9-6-11-21(17)2;/h3-5,7-8,14,16-18H,6,9-13,20H2,1-2H3;1H. The van der Waals surface area contributed by atoms with Gasteiger partial charge in [-0.25, -0.2) is 0 Å². The van der Waals surface area contributed by atoms with Crippen LogP contribution < -0.4 is 5.73 Å². The lowest BCUT2D eigenvalue weighted by molar-refractivity contribution is -0.139. The maximum Gasteiger partial charge on any atom is 0.227 e. The molecule has 0 spiro atoms. The van der Waals surface area contributed by atoms with Crippen molar-refractivity contribution in [3.63, 3.8) is 0 Å². The van der Waals surface area contributed by atoms with Crippen LogP contribution in [0.3, 0.4) is 0 Å². The predicted molar refractivity (Wildman–Crippen MR) is 100 cm³/mol. The fourth-order valence-corrected chi connectivity index (χ4v) is 4.26. The van der Waals surface area contributed by atoms with E-state index in [0.717, 1.165) is 25.1 Å². The first-order valence-corrected chi connectivity index (χ1v) is 8.87.